The summed E-state index contributed by atoms with van der Waals surface area (Å²) in [6.07, 6.45) is 6.79. The Hall–Kier alpha value is -1.83. The number of carboxylic acid groups (broad SMARTS) is 1. The van der Waals surface area contributed by atoms with E-state index in [1.807, 2.05) is 36.0 Å². The van der Waals surface area contributed by atoms with Gasteiger partial charge in [0.25, 0.3) is 0 Å². The molecule has 0 amide bonds. The minimum Gasteiger partial charge on any atom is -0.497 e. The molecule has 182 valence electrons. The van der Waals surface area contributed by atoms with E-state index >= 15 is 0 Å². The first-order chi connectivity index (χ1) is 16.0. The number of unbranched alkanes of at least 4 members (excludes halogenated alkanes) is 1. The molecule has 0 bridgehead atoms. The van der Waals surface area contributed by atoms with Crippen molar-refractivity contribution in [2.24, 2.45) is 11.8 Å². The molecule has 1 fully saturated rings. The standard InChI is InChI=1S/C26H38N2O4S/c1-3-4-15-33-16-5-13-28-14-11-19(23(18-28)26(30)31)6-9-25(29)21-10-12-27-24-8-7-20(32-2)17-22(21)24/h7-8,10,12,17,19,23,25,29H,3-6,9,11,13-16,18H2,1-2H3,(H,30,31)/t19-,23+,25+/m1/s1. The summed E-state index contributed by atoms with van der Waals surface area (Å²) in [6, 6.07) is 7.51. The van der Waals surface area contributed by atoms with Crippen molar-refractivity contribution in [3.8, 4) is 5.75 Å². The molecular formula is C26H38N2O4S. The second-order valence-electron chi connectivity index (χ2n) is 8.99. The van der Waals surface area contributed by atoms with Crippen LogP contribution in [0.3, 0.4) is 0 Å². The molecule has 1 aliphatic heterocycles. The van der Waals surface area contributed by atoms with Gasteiger partial charge in [0.05, 0.1) is 24.6 Å². The van der Waals surface area contributed by atoms with Crippen molar-refractivity contribution in [1.82, 2.24) is 9.88 Å². The number of carboxylic acids is 1. The topological polar surface area (TPSA) is 82.9 Å². The number of pyridine rings is 1. The average Bonchev–Trinajstić information content (AvgIpc) is 2.84. The Morgan fingerprint density at radius 2 is 2.12 bits per heavy atom. The Morgan fingerprint density at radius 3 is 2.88 bits per heavy atom. The third-order valence-corrected chi connectivity index (χ3v) is 7.87. The van der Waals surface area contributed by atoms with Crippen molar-refractivity contribution in [3.63, 3.8) is 0 Å². The number of methoxy groups -OCH3 is 1. The van der Waals surface area contributed by atoms with E-state index in [4.69, 9.17) is 4.74 Å². The van der Waals surface area contributed by atoms with Crippen molar-refractivity contribution in [1.29, 1.82) is 0 Å². The molecule has 7 heteroatoms. The number of nitrogens with zero attached hydrogens (tertiary/aromatic N) is 2. The molecular weight excluding hydrogens is 436 g/mol. The van der Waals surface area contributed by atoms with Crippen LogP contribution in [0.5, 0.6) is 5.75 Å². The highest BCUT2D eigenvalue weighted by molar-refractivity contribution is 7.99. The van der Waals surface area contributed by atoms with Crippen LogP contribution in [0.1, 0.15) is 57.1 Å². The van der Waals surface area contributed by atoms with E-state index in [0.29, 0.717) is 19.4 Å². The maximum Gasteiger partial charge on any atom is 0.308 e. The lowest BCUT2D eigenvalue weighted by Gasteiger charge is -2.37. The number of hydrogen-bond donors (Lipinski definition) is 2. The quantitative estimate of drug-likeness (QED) is 0.395. The Labute approximate surface area is 201 Å². The van der Waals surface area contributed by atoms with Gasteiger partial charge in [-0.25, -0.2) is 0 Å². The molecule has 0 aliphatic carbocycles. The minimum absolute atomic E-state index is 0.0926. The van der Waals surface area contributed by atoms with Gasteiger partial charge in [-0.2, -0.15) is 11.8 Å². The van der Waals surface area contributed by atoms with E-state index in [-0.39, 0.29) is 11.8 Å². The summed E-state index contributed by atoms with van der Waals surface area (Å²) in [7, 11) is 1.62. The van der Waals surface area contributed by atoms with Crippen molar-refractivity contribution in [2.75, 3.05) is 38.2 Å². The van der Waals surface area contributed by atoms with Crippen molar-refractivity contribution >= 4 is 28.6 Å². The summed E-state index contributed by atoms with van der Waals surface area (Å²) in [6.45, 7) is 4.75. The minimum atomic E-state index is -0.712. The fourth-order valence-electron chi connectivity index (χ4n) is 4.73. The molecule has 2 heterocycles. The number of hydrogen-bond acceptors (Lipinski definition) is 6. The van der Waals surface area contributed by atoms with Crippen LogP contribution in [0.25, 0.3) is 10.9 Å². The predicted molar refractivity (Wildman–Crippen MR) is 135 cm³/mol. The second-order valence-corrected chi connectivity index (χ2v) is 10.2. The Balaban J connectivity index is 1.54. The van der Waals surface area contributed by atoms with Gasteiger partial charge in [0, 0.05) is 18.1 Å². The van der Waals surface area contributed by atoms with Crippen LogP contribution in [0, 0.1) is 11.8 Å². The third-order valence-electron chi connectivity index (χ3n) is 6.71. The Morgan fingerprint density at radius 1 is 1.30 bits per heavy atom. The molecule has 2 aromatic rings. The summed E-state index contributed by atoms with van der Waals surface area (Å²) < 4.78 is 5.33. The summed E-state index contributed by atoms with van der Waals surface area (Å²) in [5.41, 5.74) is 1.64. The molecule has 1 aromatic carbocycles. The number of fused-ring (bicyclic) bond motifs is 1. The highest BCUT2D eigenvalue weighted by atomic mass is 32.2. The smallest absolute Gasteiger partial charge is 0.308 e. The lowest BCUT2D eigenvalue weighted by atomic mass is 9.81. The van der Waals surface area contributed by atoms with Crippen LogP contribution in [-0.2, 0) is 4.79 Å². The van der Waals surface area contributed by atoms with E-state index in [9.17, 15) is 15.0 Å². The molecule has 0 radical (unpaired) electrons. The predicted octanol–water partition coefficient (Wildman–Crippen LogP) is 5.00. The lowest BCUT2D eigenvalue weighted by Crippen LogP contribution is -2.44. The van der Waals surface area contributed by atoms with Crippen molar-refractivity contribution in [3.05, 3.63) is 36.0 Å². The Kier molecular flexibility index (Phi) is 10.3. The van der Waals surface area contributed by atoms with Gasteiger partial charge in [0.2, 0.25) is 0 Å². The Bertz CT molecular complexity index is 894. The van der Waals surface area contributed by atoms with E-state index in [2.05, 4.69) is 16.8 Å². The average molecular weight is 475 g/mol. The SMILES string of the molecule is CCCCSCCCN1CC[C@@H](CC[C@H](O)c2ccnc3ccc(OC)cc23)[C@@H](C(=O)O)C1. The molecule has 33 heavy (non-hydrogen) atoms. The van der Waals surface area contributed by atoms with Crippen LogP contribution in [-0.4, -0.2) is 64.3 Å². The fourth-order valence-corrected chi connectivity index (χ4v) is 5.76. The maximum absolute atomic E-state index is 12.0. The number of piperidine rings is 1. The highest BCUT2D eigenvalue weighted by Crippen LogP contribution is 2.33. The van der Waals surface area contributed by atoms with Gasteiger partial charge in [-0.1, -0.05) is 13.3 Å². The number of aromatic nitrogens is 1. The first-order valence-electron chi connectivity index (χ1n) is 12.2. The largest absolute Gasteiger partial charge is 0.497 e. The second kappa shape index (κ2) is 13.2. The molecule has 1 aromatic heterocycles. The van der Waals surface area contributed by atoms with Crippen LogP contribution in [0.15, 0.2) is 30.5 Å². The number of aliphatic hydroxyl groups is 1. The third kappa shape index (κ3) is 7.33. The van der Waals surface area contributed by atoms with Crippen LogP contribution in [0.2, 0.25) is 0 Å². The molecule has 1 saturated heterocycles. The fraction of sp³-hybridized carbons (Fsp3) is 0.615. The van der Waals surface area contributed by atoms with Gasteiger partial charge in [-0.15, -0.1) is 0 Å². The summed E-state index contributed by atoms with van der Waals surface area (Å²) in [5.74, 6) is 2.11. The van der Waals surface area contributed by atoms with E-state index in [1.54, 1.807) is 13.3 Å². The normalized spacial score (nSPS) is 20.1. The number of carbonyl (C=O) groups is 1. The van der Waals surface area contributed by atoms with Crippen LogP contribution >= 0.6 is 11.8 Å². The number of aliphatic carboxylic acids is 1. The first-order valence-corrected chi connectivity index (χ1v) is 13.3. The lowest BCUT2D eigenvalue weighted by molar-refractivity contribution is -0.146. The molecule has 2 N–H and O–H groups in total. The van der Waals surface area contributed by atoms with E-state index in [1.165, 1.54) is 18.6 Å². The van der Waals surface area contributed by atoms with Gasteiger partial charge in [0.1, 0.15) is 5.75 Å². The molecule has 3 rings (SSSR count). The zero-order valence-corrected chi connectivity index (χ0v) is 20.7. The van der Waals surface area contributed by atoms with Crippen LogP contribution in [0.4, 0.5) is 0 Å². The first kappa shape index (κ1) is 25.8. The van der Waals surface area contributed by atoms with E-state index < -0.39 is 12.1 Å². The van der Waals surface area contributed by atoms with Crippen molar-refractivity contribution in [2.45, 2.75) is 51.6 Å². The zero-order chi connectivity index (χ0) is 23.6. The number of ether oxygens (including phenoxy) is 1. The summed E-state index contributed by atoms with van der Waals surface area (Å²) >= 11 is 2.00. The molecule has 6 nitrogen and oxygen atoms in total. The highest BCUT2D eigenvalue weighted by Gasteiger charge is 2.34. The van der Waals surface area contributed by atoms with Gasteiger partial charge in [-0.3, -0.25) is 9.78 Å². The number of benzene rings is 1. The van der Waals surface area contributed by atoms with Gasteiger partial charge >= 0.3 is 5.97 Å². The molecule has 3 atom stereocenters. The summed E-state index contributed by atoms with van der Waals surface area (Å²) in [5, 5.41) is 21.7. The monoisotopic (exact) mass is 474 g/mol. The number of rotatable bonds is 13. The van der Waals surface area contributed by atoms with Crippen molar-refractivity contribution < 1.29 is 19.7 Å². The summed E-state index contributed by atoms with van der Waals surface area (Å²) in [4.78, 5) is 18.7. The van der Waals surface area contributed by atoms with E-state index in [0.717, 1.165) is 53.9 Å². The van der Waals surface area contributed by atoms with Crippen LogP contribution < -0.4 is 4.74 Å². The van der Waals surface area contributed by atoms with Gasteiger partial charge < -0.3 is 19.8 Å². The number of likely N-dealkylation sites (tertiary alicyclic amines) is 1. The molecule has 0 spiro atoms. The zero-order valence-electron chi connectivity index (χ0n) is 19.9. The molecule has 0 unspecified atom stereocenters. The van der Waals surface area contributed by atoms with Gasteiger partial charge in [-0.05, 0) is 92.4 Å². The number of thioether (sulfide) groups is 1. The molecule has 0 saturated carbocycles. The molecule has 1 aliphatic rings. The number of aliphatic hydroxyl groups excluding tert-OH is 1. The maximum atomic E-state index is 12.0. The van der Waals surface area contributed by atoms with Gasteiger partial charge in [0.15, 0.2) is 0 Å².